The fraction of sp³-hybridized carbons (Fsp3) is 0.0952. The molecule has 0 atom stereocenters. The minimum atomic E-state index is -0.242. The summed E-state index contributed by atoms with van der Waals surface area (Å²) in [5, 5.41) is 3.49. The molecule has 0 bridgehead atoms. The monoisotopic (exact) mass is 429 g/mol. The predicted molar refractivity (Wildman–Crippen MR) is 108 cm³/mol. The van der Waals surface area contributed by atoms with E-state index in [0.717, 1.165) is 15.6 Å². The number of rotatable bonds is 6. The average molecular weight is 431 g/mol. The van der Waals surface area contributed by atoms with Crippen LogP contribution in [-0.2, 0) is 4.79 Å². The number of hydrogen-bond acceptors (Lipinski definition) is 2. The Balaban J connectivity index is 1.71. The fourth-order valence-corrected chi connectivity index (χ4v) is 3.32. The van der Waals surface area contributed by atoms with Crippen molar-refractivity contribution >= 4 is 33.4 Å². The number of carbonyl (C=O) groups is 1. The molecule has 0 fully saturated rings. The quantitative estimate of drug-likeness (QED) is 0.569. The van der Waals surface area contributed by atoms with Gasteiger partial charge in [-0.15, -0.1) is 0 Å². The fourth-order valence-electron chi connectivity index (χ4n) is 2.59. The van der Waals surface area contributed by atoms with Crippen LogP contribution in [-0.4, -0.2) is 12.5 Å². The van der Waals surface area contributed by atoms with Gasteiger partial charge < -0.3 is 10.1 Å². The first kappa shape index (κ1) is 18.5. The molecule has 0 spiro atoms. The van der Waals surface area contributed by atoms with E-state index in [9.17, 15) is 4.79 Å². The Morgan fingerprint density at radius 2 is 1.54 bits per heavy atom. The van der Waals surface area contributed by atoms with Crippen LogP contribution in [0.3, 0.4) is 0 Å². The van der Waals surface area contributed by atoms with E-state index < -0.39 is 0 Å². The van der Waals surface area contributed by atoms with Crippen LogP contribution in [0.4, 0.5) is 0 Å². The van der Waals surface area contributed by atoms with Gasteiger partial charge >= 0.3 is 0 Å². The van der Waals surface area contributed by atoms with Crippen LogP contribution in [0.2, 0.25) is 5.02 Å². The van der Waals surface area contributed by atoms with Gasteiger partial charge in [-0.25, -0.2) is 0 Å². The van der Waals surface area contributed by atoms with Gasteiger partial charge in [0.2, 0.25) is 0 Å². The van der Waals surface area contributed by atoms with Gasteiger partial charge in [0.05, 0.1) is 11.1 Å². The van der Waals surface area contributed by atoms with Gasteiger partial charge in [0.1, 0.15) is 5.75 Å². The molecule has 3 rings (SSSR count). The maximum absolute atomic E-state index is 12.5. The standard InChI is InChI=1S/C21H17BrClNO2/c22-17-11-12-19(18(23)13-17)26-14-20(25)24-21(15-7-3-1-4-8-15)16-9-5-2-6-10-16/h1-13,21H,14H2,(H,24,25). The van der Waals surface area contributed by atoms with E-state index in [1.54, 1.807) is 12.1 Å². The molecule has 0 unspecified atom stereocenters. The number of halogens is 2. The van der Waals surface area contributed by atoms with E-state index in [4.69, 9.17) is 16.3 Å². The molecule has 0 aliphatic rings. The minimum Gasteiger partial charge on any atom is -0.482 e. The lowest BCUT2D eigenvalue weighted by Crippen LogP contribution is -2.33. The second kappa shape index (κ2) is 8.88. The number of nitrogens with one attached hydrogen (secondary N) is 1. The third-order valence-corrected chi connectivity index (χ3v) is 4.61. The van der Waals surface area contributed by atoms with E-state index in [2.05, 4.69) is 21.2 Å². The molecule has 0 saturated carbocycles. The molecule has 3 nitrogen and oxygen atoms in total. The zero-order valence-corrected chi connectivity index (χ0v) is 16.2. The first-order chi connectivity index (χ1) is 12.6. The Kier molecular flexibility index (Phi) is 6.31. The van der Waals surface area contributed by atoms with Crippen molar-refractivity contribution in [3.05, 3.63) is 99.5 Å². The summed E-state index contributed by atoms with van der Waals surface area (Å²) in [5.74, 6) is 0.252. The smallest absolute Gasteiger partial charge is 0.258 e. The third-order valence-electron chi connectivity index (χ3n) is 3.82. The predicted octanol–water partition coefficient (Wildman–Crippen LogP) is 5.39. The number of ether oxygens (including phenoxy) is 1. The normalized spacial score (nSPS) is 10.6. The van der Waals surface area contributed by atoms with Crippen molar-refractivity contribution in [2.24, 2.45) is 0 Å². The van der Waals surface area contributed by atoms with E-state index in [0.29, 0.717) is 10.8 Å². The summed E-state index contributed by atoms with van der Waals surface area (Å²) in [4.78, 5) is 12.5. The molecular formula is C21H17BrClNO2. The lowest BCUT2D eigenvalue weighted by molar-refractivity contribution is -0.123. The number of carbonyl (C=O) groups excluding carboxylic acids is 1. The van der Waals surface area contributed by atoms with Crippen LogP contribution >= 0.6 is 27.5 Å². The molecule has 26 heavy (non-hydrogen) atoms. The lowest BCUT2D eigenvalue weighted by atomic mass is 9.99. The van der Waals surface area contributed by atoms with Gasteiger partial charge in [0, 0.05) is 4.47 Å². The lowest BCUT2D eigenvalue weighted by Gasteiger charge is -2.20. The topological polar surface area (TPSA) is 38.3 Å². The second-order valence-corrected chi connectivity index (χ2v) is 7.01. The molecule has 0 aliphatic carbocycles. The summed E-state index contributed by atoms with van der Waals surface area (Å²) < 4.78 is 6.42. The maximum Gasteiger partial charge on any atom is 0.258 e. The Morgan fingerprint density at radius 1 is 0.962 bits per heavy atom. The highest BCUT2D eigenvalue weighted by molar-refractivity contribution is 9.10. The largest absolute Gasteiger partial charge is 0.482 e. The van der Waals surface area contributed by atoms with Crippen molar-refractivity contribution in [2.45, 2.75) is 6.04 Å². The van der Waals surface area contributed by atoms with Crippen LogP contribution < -0.4 is 10.1 Å². The van der Waals surface area contributed by atoms with Gasteiger partial charge in [-0.1, -0.05) is 88.2 Å². The Hall–Kier alpha value is -2.30. The molecule has 3 aromatic rings. The summed E-state index contributed by atoms with van der Waals surface area (Å²) in [6.45, 7) is -0.114. The molecule has 132 valence electrons. The molecule has 1 amide bonds. The van der Waals surface area contributed by atoms with Crippen molar-refractivity contribution in [1.82, 2.24) is 5.32 Å². The van der Waals surface area contributed by atoms with E-state index in [-0.39, 0.29) is 18.6 Å². The molecule has 0 aliphatic heterocycles. The van der Waals surface area contributed by atoms with Crippen LogP contribution in [0.25, 0.3) is 0 Å². The summed E-state index contributed by atoms with van der Waals surface area (Å²) in [6.07, 6.45) is 0. The Bertz CT molecular complexity index is 832. The van der Waals surface area contributed by atoms with Crippen molar-refractivity contribution in [3.63, 3.8) is 0 Å². The average Bonchev–Trinajstić information content (AvgIpc) is 2.67. The van der Waals surface area contributed by atoms with Crippen molar-refractivity contribution in [3.8, 4) is 5.75 Å². The van der Waals surface area contributed by atoms with Crippen LogP contribution in [0, 0.1) is 0 Å². The zero-order chi connectivity index (χ0) is 18.4. The molecule has 0 heterocycles. The molecule has 3 aromatic carbocycles. The highest BCUT2D eigenvalue weighted by Crippen LogP contribution is 2.28. The van der Waals surface area contributed by atoms with Crippen molar-refractivity contribution < 1.29 is 9.53 Å². The zero-order valence-electron chi connectivity index (χ0n) is 13.9. The van der Waals surface area contributed by atoms with E-state index >= 15 is 0 Å². The number of benzene rings is 3. The van der Waals surface area contributed by atoms with Gasteiger partial charge in [-0.3, -0.25) is 4.79 Å². The SMILES string of the molecule is O=C(COc1ccc(Br)cc1Cl)NC(c1ccccc1)c1ccccc1. The first-order valence-corrected chi connectivity index (χ1v) is 9.27. The van der Waals surface area contributed by atoms with Crippen LogP contribution in [0.1, 0.15) is 17.2 Å². The number of hydrogen-bond donors (Lipinski definition) is 1. The molecular weight excluding hydrogens is 414 g/mol. The summed E-state index contributed by atoms with van der Waals surface area (Å²) in [7, 11) is 0. The molecule has 0 radical (unpaired) electrons. The summed E-state index contributed by atoms with van der Waals surface area (Å²) in [6, 6.07) is 24.7. The highest BCUT2D eigenvalue weighted by Gasteiger charge is 2.17. The summed E-state index contributed by atoms with van der Waals surface area (Å²) >= 11 is 9.47. The van der Waals surface area contributed by atoms with Gasteiger partial charge in [0.15, 0.2) is 6.61 Å². The highest BCUT2D eigenvalue weighted by atomic mass is 79.9. The van der Waals surface area contributed by atoms with Crippen LogP contribution in [0.15, 0.2) is 83.3 Å². The Morgan fingerprint density at radius 3 is 2.08 bits per heavy atom. The van der Waals surface area contributed by atoms with Crippen molar-refractivity contribution in [2.75, 3.05) is 6.61 Å². The Labute approximate surface area is 166 Å². The molecule has 1 N–H and O–H groups in total. The molecule has 0 aromatic heterocycles. The van der Waals surface area contributed by atoms with Crippen LogP contribution in [0.5, 0.6) is 5.75 Å². The van der Waals surface area contributed by atoms with Crippen molar-refractivity contribution in [1.29, 1.82) is 0 Å². The van der Waals surface area contributed by atoms with Gasteiger partial charge in [-0.2, -0.15) is 0 Å². The first-order valence-electron chi connectivity index (χ1n) is 8.10. The van der Waals surface area contributed by atoms with Gasteiger partial charge in [0.25, 0.3) is 5.91 Å². The second-order valence-electron chi connectivity index (χ2n) is 5.69. The third kappa shape index (κ3) is 4.87. The van der Waals surface area contributed by atoms with E-state index in [1.165, 1.54) is 0 Å². The summed E-state index contributed by atoms with van der Waals surface area (Å²) in [5.41, 5.74) is 2.02. The number of amides is 1. The molecule has 5 heteroatoms. The molecule has 0 saturated heterocycles. The minimum absolute atomic E-state index is 0.114. The van der Waals surface area contributed by atoms with E-state index in [1.807, 2.05) is 66.7 Å². The maximum atomic E-state index is 12.5. The van der Waals surface area contributed by atoms with Gasteiger partial charge in [-0.05, 0) is 29.3 Å².